The van der Waals surface area contributed by atoms with Gasteiger partial charge in [-0.2, -0.15) is 8.91 Å². The van der Waals surface area contributed by atoms with E-state index < -0.39 is 11.9 Å². The zero-order valence-corrected chi connectivity index (χ0v) is 24.5. The van der Waals surface area contributed by atoms with E-state index in [0.717, 1.165) is 24.2 Å². The number of pyridine rings is 1. The zero-order valence-electron chi connectivity index (χ0n) is 24.5. The molecule has 0 unspecified atom stereocenters. The van der Waals surface area contributed by atoms with Crippen molar-refractivity contribution in [3.8, 4) is 11.4 Å². The van der Waals surface area contributed by atoms with Gasteiger partial charge >= 0.3 is 0 Å². The number of hydrogen-bond acceptors (Lipinski definition) is 8. The highest BCUT2D eigenvalue weighted by Gasteiger charge is 2.34. The van der Waals surface area contributed by atoms with Crippen LogP contribution in [-0.2, 0) is 11.3 Å². The van der Waals surface area contributed by atoms with E-state index in [1.54, 1.807) is 38.6 Å². The fourth-order valence-corrected chi connectivity index (χ4v) is 5.27. The van der Waals surface area contributed by atoms with Gasteiger partial charge in [0, 0.05) is 38.7 Å². The van der Waals surface area contributed by atoms with Gasteiger partial charge < -0.3 is 25.0 Å². The summed E-state index contributed by atoms with van der Waals surface area (Å²) in [6, 6.07) is 21.6. The Morgan fingerprint density at radius 1 is 1.07 bits per heavy atom. The number of amides is 1. The monoisotopic (exact) mass is 597 g/mol. The molecular weight excluding hydrogens is 565 g/mol. The standard InChI is InChI=1S/C32H32FN7O4/c1-38(19-20-11-13-22(43-2)14-12-20)27-18-26(34-24-10-7-17-39(32(24)42)21-8-5-4-6-9-21)36-30-28(29(33)37-40(27)30)31(41)35-23-15-16-25(23)44-3/h4-14,17-18,23,25H,15-16,19H2,1-3H3,(H,34,36)(H,35,41)/t23-,25-/m1/s1. The molecule has 2 atom stereocenters. The number of ether oxygens (including phenoxy) is 2. The number of aromatic nitrogens is 4. The molecule has 11 nitrogen and oxygen atoms in total. The first-order chi connectivity index (χ1) is 21.4. The summed E-state index contributed by atoms with van der Waals surface area (Å²) in [5.74, 6) is -0.173. The van der Waals surface area contributed by atoms with Gasteiger partial charge in [-0.1, -0.05) is 30.3 Å². The molecular formula is C32H32FN7O4. The van der Waals surface area contributed by atoms with Crippen LogP contribution in [-0.4, -0.2) is 58.5 Å². The minimum Gasteiger partial charge on any atom is -0.497 e. The van der Waals surface area contributed by atoms with Crippen LogP contribution >= 0.6 is 0 Å². The van der Waals surface area contributed by atoms with Gasteiger partial charge in [-0.25, -0.2) is 4.98 Å². The molecule has 0 aliphatic heterocycles. The van der Waals surface area contributed by atoms with Crippen LogP contribution in [0.4, 0.5) is 21.7 Å². The van der Waals surface area contributed by atoms with E-state index in [1.165, 1.54) is 9.08 Å². The van der Waals surface area contributed by atoms with Crippen LogP contribution in [0.2, 0.25) is 0 Å². The molecule has 0 saturated heterocycles. The Morgan fingerprint density at radius 2 is 1.84 bits per heavy atom. The molecule has 6 rings (SSSR count). The SMILES string of the molecule is COc1ccc(CN(C)c2cc(Nc3cccn(-c4ccccc4)c3=O)nc3c(C(=O)N[C@@H]4CC[C@H]4OC)c(F)nn23)cc1. The number of methoxy groups -OCH3 is 2. The lowest BCUT2D eigenvalue weighted by Crippen LogP contribution is -2.51. The minimum absolute atomic E-state index is 0.00851. The lowest BCUT2D eigenvalue weighted by molar-refractivity contribution is 0.00725. The second kappa shape index (κ2) is 12.2. The van der Waals surface area contributed by atoms with Crippen molar-refractivity contribution >= 4 is 28.9 Å². The molecule has 0 radical (unpaired) electrons. The Labute approximate surface area is 252 Å². The molecule has 1 fully saturated rings. The highest BCUT2D eigenvalue weighted by molar-refractivity contribution is 6.00. The third-order valence-corrected chi connectivity index (χ3v) is 7.80. The highest BCUT2D eigenvalue weighted by Crippen LogP contribution is 2.28. The summed E-state index contributed by atoms with van der Waals surface area (Å²) < 4.78 is 28.9. The third kappa shape index (κ3) is 5.59. The summed E-state index contributed by atoms with van der Waals surface area (Å²) in [7, 11) is 5.01. The second-order valence-corrected chi connectivity index (χ2v) is 10.6. The van der Waals surface area contributed by atoms with Crippen molar-refractivity contribution in [1.29, 1.82) is 0 Å². The minimum atomic E-state index is -0.953. The number of nitrogens with zero attached hydrogens (tertiary/aromatic N) is 5. The summed E-state index contributed by atoms with van der Waals surface area (Å²) in [6.45, 7) is 0.426. The quantitative estimate of drug-likeness (QED) is 0.245. The van der Waals surface area contributed by atoms with E-state index in [4.69, 9.17) is 9.47 Å². The average Bonchev–Trinajstić information content (AvgIpc) is 3.36. The summed E-state index contributed by atoms with van der Waals surface area (Å²) in [5.41, 5.74) is 1.33. The normalized spacial score (nSPS) is 15.9. The van der Waals surface area contributed by atoms with Crippen LogP contribution in [0.1, 0.15) is 28.8 Å². The summed E-state index contributed by atoms with van der Waals surface area (Å²) in [6.07, 6.45) is 3.08. The Morgan fingerprint density at radius 3 is 2.52 bits per heavy atom. The maximum Gasteiger partial charge on any atom is 0.278 e. The van der Waals surface area contributed by atoms with Crippen LogP contribution in [0.15, 0.2) is 83.8 Å². The van der Waals surface area contributed by atoms with Crippen molar-refractivity contribution in [1.82, 2.24) is 24.5 Å². The second-order valence-electron chi connectivity index (χ2n) is 10.6. The molecule has 3 aromatic heterocycles. The van der Waals surface area contributed by atoms with Gasteiger partial charge in [-0.05, 0) is 54.8 Å². The number of carbonyl (C=O) groups is 1. The largest absolute Gasteiger partial charge is 0.497 e. The van der Waals surface area contributed by atoms with Crippen molar-refractivity contribution in [2.24, 2.45) is 0 Å². The molecule has 12 heteroatoms. The molecule has 0 bridgehead atoms. The predicted molar refractivity (Wildman–Crippen MR) is 165 cm³/mol. The molecule has 1 saturated carbocycles. The topological polar surface area (TPSA) is 115 Å². The predicted octanol–water partition coefficient (Wildman–Crippen LogP) is 4.32. The summed E-state index contributed by atoms with van der Waals surface area (Å²) in [4.78, 5) is 33.3. The molecule has 44 heavy (non-hydrogen) atoms. The van der Waals surface area contributed by atoms with Crippen molar-refractivity contribution in [2.75, 3.05) is 31.5 Å². The Kier molecular flexibility index (Phi) is 7.99. The lowest BCUT2D eigenvalue weighted by atomic mass is 9.89. The number of fused-ring (bicyclic) bond motifs is 1. The fourth-order valence-electron chi connectivity index (χ4n) is 5.27. The number of anilines is 3. The number of rotatable bonds is 10. The number of carbonyl (C=O) groups excluding carboxylic acids is 1. The summed E-state index contributed by atoms with van der Waals surface area (Å²) >= 11 is 0. The van der Waals surface area contributed by atoms with E-state index in [-0.39, 0.29) is 40.4 Å². The zero-order chi connectivity index (χ0) is 30.8. The van der Waals surface area contributed by atoms with E-state index in [0.29, 0.717) is 18.1 Å². The number of nitrogens with one attached hydrogen (secondary N) is 2. The molecule has 1 aliphatic carbocycles. The molecule has 2 N–H and O–H groups in total. The van der Waals surface area contributed by atoms with E-state index in [2.05, 4.69) is 20.7 Å². The number of para-hydroxylation sites is 1. The third-order valence-electron chi connectivity index (χ3n) is 7.80. The van der Waals surface area contributed by atoms with Gasteiger partial charge in [0.1, 0.15) is 28.6 Å². The first kappa shape index (κ1) is 28.9. The van der Waals surface area contributed by atoms with Crippen LogP contribution in [0.5, 0.6) is 5.75 Å². The Balaban J connectivity index is 1.41. The van der Waals surface area contributed by atoms with Crippen LogP contribution < -0.4 is 25.8 Å². The van der Waals surface area contributed by atoms with Gasteiger partial charge in [0.25, 0.3) is 11.5 Å². The van der Waals surface area contributed by atoms with E-state index in [9.17, 15) is 9.59 Å². The maximum absolute atomic E-state index is 15.5. The molecule has 226 valence electrons. The summed E-state index contributed by atoms with van der Waals surface area (Å²) in [5, 5.41) is 10.0. The molecule has 1 aliphatic rings. The average molecular weight is 598 g/mol. The van der Waals surface area contributed by atoms with Gasteiger partial charge in [-0.3, -0.25) is 14.2 Å². The number of benzene rings is 2. The van der Waals surface area contributed by atoms with Crippen molar-refractivity contribution < 1.29 is 18.7 Å². The molecule has 5 aromatic rings. The van der Waals surface area contributed by atoms with Gasteiger partial charge in [-0.15, -0.1) is 5.10 Å². The fraction of sp³-hybridized carbons (Fsp3) is 0.250. The van der Waals surface area contributed by atoms with Crippen molar-refractivity contribution in [3.05, 3.63) is 106 Å². The first-order valence-electron chi connectivity index (χ1n) is 14.2. The maximum atomic E-state index is 15.5. The molecule has 2 aromatic carbocycles. The van der Waals surface area contributed by atoms with Crippen molar-refractivity contribution in [2.45, 2.75) is 31.5 Å². The van der Waals surface area contributed by atoms with Gasteiger partial charge in [0.05, 0.1) is 19.3 Å². The van der Waals surface area contributed by atoms with E-state index in [1.807, 2.05) is 66.5 Å². The lowest BCUT2D eigenvalue weighted by Gasteiger charge is -2.35. The molecule has 1 amide bonds. The van der Waals surface area contributed by atoms with Gasteiger partial charge in [0.2, 0.25) is 5.95 Å². The van der Waals surface area contributed by atoms with Gasteiger partial charge in [0.15, 0.2) is 5.65 Å². The number of halogens is 1. The van der Waals surface area contributed by atoms with E-state index >= 15 is 4.39 Å². The smallest absolute Gasteiger partial charge is 0.278 e. The molecule has 3 heterocycles. The van der Waals surface area contributed by atoms with Crippen molar-refractivity contribution in [3.63, 3.8) is 0 Å². The van der Waals surface area contributed by atoms with Crippen LogP contribution in [0, 0.1) is 5.95 Å². The number of hydrogen-bond donors (Lipinski definition) is 2. The first-order valence-corrected chi connectivity index (χ1v) is 14.2. The highest BCUT2D eigenvalue weighted by atomic mass is 19.1. The molecule has 0 spiro atoms. The Hall–Kier alpha value is -5.23. The van der Waals surface area contributed by atoms with Crippen LogP contribution in [0.3, 0.4) is 0 Å². The van der Waals surface area contributed by atoms with Crippen LogP contribution in [0.25, 0.3) is 11.3 Å². The Bertz CT molecular complexity index is 1860.